The number of ether oxygens (including phenoxy) is 1. The van der Waals surface area contributed by atoms with E-state index in [0.29, 0.717) is 31.2 Å². The van der Waals surface area contributed by atoms with Gasteiger partial charge >= 0.3 is 0 Å². The number of nitrogens with zero attached hydrogens (tertiary/aromatic N) is 2. The topological polar surface area (TPSA) is 85.2 Å². The van der Waals surface area contributed by atoms with Gasteiger partial charge in [0.1, 0.15) is 5.69 Å². The summed E-state index contributed by atoms with van der Waals surface area (Å²) in [7, 11) is 0. The lowest BCUT2D eigenvalue weighted by atomic mass is 10.1. The maximum atomic E-state index is 12.9. The number of hydrogen-bond donors (Lipinski definition) is 2. The van der Waals surface area contributed by atoms with Gasteiger partial charge in [-0.15, -0.1) is 0 Å². The van der Waals surface area contributed by atoms with Crippen LogP contribution in [0.5, 0.6) is 0 Å². The molecule has 2 aliphatic heterocycles. The minimum absolute atomic E-state index is 0.0780. The van der Waals surface area contributed by atoms with Crippen molar-refractivity contribution in [3.8, 4) is 0 Å². The van der Waals surface area contributed by atoms with E-state index in [1.807, 2.05) is 35.8 Å². The van der Waals surface area contributed by atoms with Gasteiger partial charge in [-0.2, -0.15) is 0 Å². The quantitative estimate of drug-likeness (QED) is 0.785. The second-order valence-corrected chi connectivity index (χ2v) is 7.79. The molecular weight excluding hydrogens is 368 g/mol. The summed E-state index contributed by atoms with van der Waals surface area (Å²) < 4.78 is 7.49. The maximum Gasteiger partial charge on any atom is 0.287 e. The van der Waals surface area contributed by atoms with Gasteiger partial charge in [-0.05, 0) is 50.2 Å². The van der Waals surface area contributed by atoms with Crippen molar-refractivity contribution in [2.75, 3.05) is 13.2 Å². The van der Waals surface area contributed by atoms with Crippen molar-refractivity contribution < 1.29 is 14.3 Å². The van der Waals surface area contributed by atoms with Gasteiger partial charge in [0.25, 0.3) is 11.8 Å². The molecule has 0 radical (unpaired) electrons. The maximum absolute atomic E-state index is 12.9. The first-order chi connectivity index (χ1) is 14.1. The van der Waals surface area contributed by atoms with Gasteiger partial charge in [-0.1, -0.05) is 24.3 Å². The van der Waals surface area contributed by atoms with E-state index in [2.05, 4.69) is 15.6 Å². The largest absolute Gasteiger partial charge is 0.376 e. The number of aromatic nitrogens is 2. The number of imidazole rings is 1. The number of nitrogens with one attached hydrogen (secondary N) is 2. The van der Waals surface area contributed by atoms with Crippen molar-refractivity contribution in [3.05, 3.63) is 52.6 Å². The Morgan fingerprint density at radius 2 is 2.03 bits per heavy atom. The summed E-state index contributed by atoms with van der Waals surface area (Å²) >= 11 is 0. The monoisotopic (exact) mass is 396 g/mol. The zero-order valence-electron chi connectivity index (χ0n) is 16.9. The number of aryl methyl sites for hydroxylation is 1. The molecule has 2 aliphatic rings. The Kier molecular flexibility index (Phi) is 5.94. The molecule has 0 saturated carbocycles. The van der Waals surface area contributed by atoms with Crippen molar-refractivity contribution in [2.45, 2.75) is 58.2 Å². The van der Waals surface area contributed by atoms with Gasteiger partial charge in [-0.25, -0.2) is 4.98 Å². The van der Waals surface area contributed by atoms with Gasteiger partial charge in [0.2, 0.25) is 0 Å². The molecule has 0 bridgehead atoms. The third kappa shape index (κ3) is 4.34. The number of benzene rings is 1. The molecule has 7 heteroatoms. The van der Waals surface area contributed by atoms with Gasteiger partial charge < -0.3 is 19.9 Å². The summed E-state index contributed by atoms with van der Waals surface area (Å²) in [6, 6.07) is 7.96. The zero-order chi connectivity index (χ0) is 20.2. The fraction of sp³-hybridized carbons (Fsp3) is 0.500. The molecule has 2 amide bonds. The number of carbonyl (C=O) groups excluding carboxylic acids is 2. The van der Waals surface area contributed by atoms with E-state index in [1.165, 1.54) is 0 Å². The fourth-order valence-corrected chi connectivity index (χ4v) is 4.06. The van der Waals surface area contributed by atoms with Crippen molar-refractivity contribution in [1.29, 1.82) is 0 Å². The average Bonchev–Trinajstić information content (AvgIpc) is 3.39. The second-order valence-electron chi connectivity index (χ2n) is 7.79. The molecule has 4 rings (SSSR count). The van der Waals surface area contributed by atoms with E-state index >= 15 is 0 Å². The van der Waals surface area contributed by atoms with Crippen LogP contribution in [0.4, 0.5) is 0 Å². The fourth-order valence-electron chi connectivity index (χ4n) is 4.06. The minimum atomic E-state index is -0.241. The molecule has 1 aromatic heterocycles. The van der Waals surface area contributed by atoms with Crippen molar-refractivity contribution in [1.82, 2.24) is 20.2 Å². The first-order valence-corrected chi connectivity index (χ1v) is 10.5. The van der Waals surface area contributed by atoms with Gasteiger partial charge in [0.15, 0.2) is 5.82 Å². The molecule has 2 aromatic rings. The van der Waals surface area contributed by atoms with Crippen molar-refractivity contribution >= 4 is 11.8 Å². The molecular formula is C22H28N4O3. The second kappa shape index (κ2) is 8.78. The molecule has 1 saturated heterocycles. The van der Waals surface area contributed by atoms with E-state index in [1.54, 1.807) is 0 Å². The first kappa shape index (κ1) is 19.6. The van der Waals surface area contributed by atoms with Crippen LogP contribution in [-0.2, 0) is 24.2 Å². The molecule has 7 nitrogen and oxygen atoms in total. The molecule has 1 fully saturated rings. The Labute approximate surface area is 170 Å². The smallest absolute Gasteiger partial charge is 0.287 e. The Bertz CT molecular complexity index is 899. The summed E-state index contributed by atoms with van der Waals surface area (Å²) in [5.74, 6) is -0.130. The van der Waals surface area contributed by atoms with Crippen LogP contribution in [0.15, 0.2) is 24.3 Å². The molecule has 3 heterocycles. The molecule has 0 aliphatic carbocycles. The van der Waals surface area contributed by atoms with Crippen LogP contribution < -0.4 is 10.6 Å². The highest BCUT2D eigenvalue weighted by Gasteiger charge is 2.28. The lowest BCUT2D eigenvalue weighted by molar-refractivity contribution is 0.0853. The van der Waals surface area contributed by atoms with Crippen LogP contribution in [0.2, 0.25) is 0 Å². The summed E-state index contributed by atoms with van der Waals surface area (Å²) in [5, 5.41) is 5.90. The standard InChI is InChI=1S/C22H28N4O3/c1-15-7-2-3-8-16(15)13-23-22(28)20-25-19(18-10-4-5-11-26(18)20)21(27)24-14-17-9-6-12-29-17/h2-3,7-8,17H,4-6,9-14H2,1H3,(H,23,28)(H,24,27). The Balaban J connectivity index is 1.48. The van der Waals surface area contributed by atoms with E-state index in [9.17, 15) is 9.59 Å². The van der Waals surface area contributed by atoms with Crippen LogP contribution in [-0.4, -0.2) is 40.6 Å². The van der Waals surface area contributed by atoms with Crippen molar-refractivity contribution in [3.63, 3.8) is 0 Å². The highest BCUT2D eigenvalue weighted by atomic mass is 16.5. The normalized spacial score (nSPS) is 18.3. The van der Waals surface area contributed by atoms with Crippen LogP contribution in [0, 0.1) is 6.92 Å². The average molecular weight is 396 g/mol. The number of fused-ring (bicyclic) bond motifs is 1. The zero-order valence-corrected chi connectivity index (χ0v) is 16.9. The first-order valence-electron chi connectivity index (χ1n) is 10.5. The lowest BCUT2D eigenvalue weighted by Crippen LogP contribution is -2.32. The number of carbonyl (C=O) groups is 2. The molecule has 1 unspecified atom stereocenters. The number of amides is 2. The lowest BCUT2D eigenvalue weighted by Gasteiger charge is -2.17. The highest BCUT2D eigenvalue weighted by Crippen LogP contribution is 2.21. The molecule has 1 atom stereocenters. The molecule has 1 aromatic carbocycles. The third-order valence-corrected chi connectivity index (χ3v) is 5.75. The Hall–Kier alpha value is -2.67. The molecule has 29 heavy (non-hydrogen) atoms. The molecule has 154 valence electrons. The van der Waals surface area contributed by atoms with Crippen LogP contribution >= 0.6 is 0 Å². The van der Waals surface area contributed by atoms with Crippen LogP contribution in [0.25, 0.3) is 0 Å². The van der Waals surface area contributed by atoms with Crippen LogP contribution in [0.3, 0.4) is 0 Å². The molecule has 0 spiro atoms. The van der Waals surface area contributed by atoms with Gasteiger partial charge in [0.05, 0.1) is 11.8 Å². The Morgan fingerprint density at radius 1 is 1.17 bits per heavy atom. The number of rotatable bonds is 6. The van der Waals surface area contributed by atoms with E-state index in [4.69, 9.17) is 4.74 Å². The third-order valence-electron chi connectivity index (χ3n) is 5.75. The van der Waals surface area contributed by atoms with E-state index in [0.717, 1.165) is 55.5 Å². The van der Waals surface area contributed by atoms with E-state index in [-0.39, 0.29) is 17.9 Å². The van der Waals surface area contributed by atoms with Crippen molar-refractivity contribution in [2.24, 2.45) is 0 Å². The minimum Gasteiger partial charge on any atom is -0.376 e. The summed E-state index contributed by atoms with van der Waals surface area (Å²) in [4.78, 5) is 30.1. The predicted molar refractivity (Wildman–Crippen MR) is 109 cm³/mol. The van der Waals surface area contributed by atoms with Gasteiger partial charge in [0, 0.05) is 26.2 Å². The number of hydrogen-bond acceptors (Lipinski definition) is 4. The summed E-state index contributed by atoms with van der Waals surface area (Å²) in [6.45, 7) is 4.42. The predicted octanol–water partition coefficient (Wildman–Crippen LogP) is 2.37. The summed E-state index contributed by atoms with van der Waals surface area (Å²) in [6.07, 6.45) is 4.83. The van der Waals surface area contributed by atoms with Crippen LogP contribution in [0.1, 0.15) is 63.6 Å². The molecule has 2 N–H and O–H groups in total. The van der Waals surface area contributed by atoms with E-state index < -0.39 is 0 Å². The van der Waals surface area contributed by atoms with Gasteiger partial charge in [-0.3, -0.25) is 9.59 Å². The Morgan fingerprint density at radius 3 is 2.83 bits per heavy atom. The summed E-state index contributed by atoms with van der Waals surface area (Å²) in [5.41, 5.74) is 3.44. The highest BCUT2D eigenvalue weighted by molar-refractivity contribution is 5.97. The SMILES string of the molecule is Cc1ccccc1CNC(=O)c1nc(C(=O)NCC2CCCO2)c2n1CCCC2.